The van der Waals surface area contributed by atoms with Crippen molar-refractivity contribution < 1.29 is 18.7 Å². The van der Waals surface area contributed by atoms with Crippen LogP contribution in [0.4, 0.5) is 16.2 Å². The van der Waals surface area contributed by atoms with E-state index in [0.29, 0.717) is 23.2 Å². The first-order valence-corrected chi connectivity index (χ1v) is 12.8. The van der Waals surface area contributed by atoms with E-state index in [9.17, 15) is 14.2 Å². The lowest BCUT2D eigenvalue weighted by molar-refractivity contribution is -0.114. The SMILES string of the molecule is CC(=O)Nc1ccc(Cc2ccc(NC(=O)P3(=O)Oc4ccccc4-c4ccccc43)cc2)cc1. The Hall–Kier alpha value is -4.15. The summed E-state index contributed by atoms with van der Waals surface area (Å²) in [6.07, 6.45) is 0.695. The summed E-state index contributed by atoms with van der Waals surface area (Å²) in [5, 5.41) is 5.92. The van der Waals surface area contributed by atoms with Crippen LogP contribution in [0, 0.1) is 0 Å². The highest BCUT2D eigenvalue weighted by atomic mass is 31.2. The number of anilines is 2. The third kappa shape index (κ3) is 4.61. The zero-order valence-electron chi connectivity index (χ0n) is 19.0. The summed E-state index contributed by atoms with van der Waals surface area (Å²) < 4.78 is 19.7. The minimum Gasteiger partial charge on any atom is -0.433 e. The fourth-order valence-electron chi connectivity index (χ4n) is 4.11. The highest BCUT2D eigenvalue weighted by molar-refractivity contribution is 7.83. The van der Waals surface area contributed by atoms with Crippen LogP contribution >= 0.6 is 7.37 Å². The van der Waals surface area contributed by atoms with E-state index in [0.717, 1.165) is 27.9 Å². The summed E-state index contributed by atoms with van der Waals surface area (Å²) in [6.45, 7) is 1.48. The first-order valence-electron chi connectivity index (χ1n) is 11.2. The Bertz CT molecular complexity index is 1460. The van der Waals surface area contributed by atoms with Crippen molar-refractivity contribution in [1.29, 1.82) is 0 Å². The summed E-state index contributed by atoms with van der Waals surface area (Å²) in [6, 6.07) is 29.5. The second kappa shape index (κ2) is 9.24. The minimum atomic E-state index is -3.85. The molecule has 2 amide bonds. The van der Waals surface area contributed by atoms with E-state index in [1.54, 1.807) is 36.4 Å². The quantitative estimate of drug-likeness (QED) is 0.321. The second-order valence-corrected chi connectivity index (χ2v) is 10.5. The number of fused-ring (bicyclic) bond motifs is 3. The first-order chi connectivity index (χ1) is 16.9. The molecule has 0 bridgehead atoms. The van der Waals surface area contributed by atoms with Crippen molar-refractivity contribution in [3.63, 3.8) is 0 Å². The fourth-order valence-corrected chi connectivity index (χ4v) is 6.02. The zero-order chi connectivity index (χ0) is 24.4. The van der Waals surface area contributed by atoms with Gasteiger partial charge in [0, 0.05) is 23.9 Å². The monoisotopic (exact) mass is 482 g/mol. The molecule has 174 valence electrons. The van der Waals surface area contributed by atoms with Crippen LogP contribution in [0.15, 0.2) is 97.1 Å². The number of rotatable bonds is 5. The lowest BCUT2D eigenvalue weighted by Gasteiger charge is -2.27. The molecule has 6 nitrogen and oxygen atoms in total. The molecule has 4 aromatic rings. The number of carbonyl (C=O) groups is 2. The Morgan fingerprint density at radius 1 is 0.714 bits per heavy atom. The van der Waals surface area contributed by atoms with Crippen molar-refractivity contribution in [3.8, 4) is 16.9 Å². The number of hydrogen-bond donors (Lipinski definition) is 2. The first kappa shape index (κ1) is 22.6. The topological polar surface area (TPSA) is 84.5 Å². The Morgan fingerprint density at radius 2 is 1.26 bits per heavy atom. The molecule has 35 heavy (non-hydrogen) atoms. The normalized spacial score (nSPS) is 15.8. The molecule has 1 heterocycles. The van der Waals surface area contributed by atoms with Crippen LogP contribution in [-0.2, 0) is 15.8 Å². The van der Waals surface area contributed by atoms with Gasteiger partial charge in [-0.25, -0.2) is 0 Å². The summed E-state index contributed by atoms with van der Waals surface area (Å²) in [7, 11) is -3.85. The Balaban J connectivity index is 1.32. The molecule has 0 fully saturated rings. The maximum Gasteiger partial charge on any atom is 0.363 e. The van der Waals surface area contributed by atoms with Gasteiger partial charge in [0.25, 0.3) is 0 Å². The van der Waals surface area contributed by atoms with E-state index in [4.69, 9.17) is 4.52 Å². The zero-order valence-corrected chi connectivity index (χ0v) is 19.9. The van der Waals surface area contributed by atoms with Crippen molar-refractivity contribution in [2.75, 3.05) is 10.6 Å². The Morgan fingerprint density at radius 3 is 1.89 bits per heavy atom. The second-order valence-electron chi connectivity index (χ2n) is 8.34. The molecule has 7 heteroatoms. The van der Waals surface area contributed by atoms with Crippen molar-refractivity contribution >= 4 is 35.6 Å². The van der Waals surface area contributed by atoms with Crippen LogP contribution < -0.4 is 20.5 Å². The molecule has 0 spiro atoms. The van der Waals surface area contributed by atoms with E-state index >= 15 is 0 Å². The van der Waals surface area contributed by atoms with Crippen LogP contribution in [-0.4, -0.2) is 11.6 Å². The third-order valence-electron chi connectivity index (χ3n) is 5.78. The molecule has 0 saturated heterocycles. The predicted molar refractivity (Wildman–Crippen MR) is 139 cm³/mol. The largest absolute Gasteiger partial charge is 0.433 e. The van der Waals surface area contributed by atoms with Gasteiger partial charge in [0.05, 0.1) is 5.30 Å². The molecule has 5 rings (SSSR count). The molecule has 0 saturated carbocycles. The van der Waals surface area contributed by atoms with Gasteiger partial charge >= 0.3 is 13.0 Å². The van der Waals surface area contributed by atoms with Crippen LogP contribution in [0.25, 0.3) is 11.1 Å². The Labute approximate surface area is 203 Å². The average Bonchev–Trinajstić information content (AvgIpc) is 2.86. The number of para-hydroxylation sites is 1. The number of hydrogen-bond acceptors (Lipinski definition) is 4. The maximum atomic E-state index is 13.9. The summed E-state index contributed by atoms with van der Waals surface area (Å²) in [5.74, 6) is 0.327. The molecule has 0 radical (unpaired) electrons. The average molecular weight is 482 g/mol. The van der Waals surface area contributed by atoms with Gasteiger partial charge in [-0.15, -0.1) is 0 Å². The fraction of sp³-hybridized carbons (Fsp3) is 0.0714. The van der Waals surface area contributed by atoms with Gasteiger partial charge in [-0.1, -0.05) is 60.7 Å². The smallest absolute Gasteiger partial charge is 0.363 e. The van der Waals surface area contributed by atoms with Gasteiger partial charge < -0.3 is 15.2 Å². The van der Waals surface area contributed by atoms with Gasteiger partial charge in [0.2, 0.25) is 5.91 Å². The van der Waals surface area contributed by atoms with Gasteiger partial charge in [0.1, 0.15) is 5.75 Å². The molecule has 1 aliphatic heterocycles. The maximum absolute atomic E-state index is 13.9. The highest BCUT2D eigenvalue weighted by Crippen LogP contribution is 2.55. The van der Waals surface area contributed by atoms with Crippen molar-refractivity contribution in [2.45, 2.75) is 13.3 Å². The van der Waals surface area contributed by atoms with Crippen molar-refractivity contribution in [3.05, 3.63) is 108 Å². The number of amides is 2. The lowest BCUT2D eigenvalue weighted by atomic mass is 10.0. The molecule has 0 aliphatic carbocycles. The van der Waals surface area contributed by atoms with Gasteiger partial charge in [-0.2, -0.15) is 0 Å². The van der Waals surface area contributed by atoms with Crippen LogP contribution in [0.2, 0.25) is 0 Å². The van der Waals surface area contributed by atoms with E-state index in [2.05, 4.69) is 10.6 Å². The lowest BCUT2D eigenvalue weighted by Crippen LogP contribution is -2.26. The van der Waals surface area contributed by atoms with E-state index in [1.165, 1.54) is 6.92 Å². The van der Waals surface area contributed by atoms with E-state index in [-0.39, 0.29) is 5.91 Å². The number of benzene rings is 4. The highest BCUT2D eigenvalue weighted by Gasteiger charge is 2.42. The third-order valence-corrected chi connectivity index (χ3v) is 7.91. The molecule has 1 unspecified atom stereocenters. The van der Waals surface area contributed by atoms with Crippen LogP contribution in [0.1, 0.15) is 18.1 Å². The minimum absolute atomic E-state index is 0.107. The van der Waals surface area contributed by atoms with Gasteiger partial charge in [-0.05, 0) is 59.5 Å². The molecule has 4 aromatic carbocycles. The molecular formula is C28H23N2O4P. The summed E-state index contributed by atoms with van der Waals surface area (Å²) >= 11 is 0. The van der Waals surface area contributed by atoms with Crippen molar-refractivity contribution in [1.82, 2.24) is 0 Å². The molecular weight excluding hydrogens is 459 g/mol. The van der Waals surface area contributed by atoms with Gasteiger partial charge in [-0.3, -0.25) is 14.2 Å². The predicted octanol–water partition coefficient (Wildman–Crippen LogP) is 6.43. The standard InChI is InChI=1S/C28H23N2O4P/c1-19(31)29-22-14-10-20(11-15-22)18-21-12-16-23(17-13-21)30-28(32)35(33)27-9-5-3-7-25(27)24-6-2-4-8-26(24)34-35/h2-17H,18H2,1H3,(H,29,31)(H,30,32). The van der Waals surface area contributed by atoms with Crippen molar-refractivity contribution in [2.24, 2.45) is 0 Å². The summed E-state index contributed by atoms with van der Waals surface area (Å²) in [5.41, 5.74) is 4.32. The number of nitrogens with one attached hydrogen (secondary N) is 2. The number of carbonyl (C=O) groups excluding carboxylic acids is 2. The molecule has 0 aromatic heterocycles. The van der Waals surface area contributed by atoms with Gasteiger partial charge in [0.15, 0.2) is 0 Å². The Kier molecular flexibility index (Phi) is 5.98. The van der Waals surface area contributed by atoms with E-state index in [1.807, 2.05) is 60.7 Å². The van der Waals surface area contributed by atoms with Crippen LogP contribution in [0.3, 0.4) is 0 Å². The summed E-state index contributed by atoms with van der Waals surface area (Å²) in [4.78, 5) is 24.4. The molecule has 2 N–H and O–H groups in total. The molecule has 1 aliphatic rings. The van der Waals surface area contributed by atoms with E-state index < -0.39 is 13.0 Å². The molecule has 1 atom stereocenters. The van der Waals surface area contributed by atoms with Crippen LogP contribution in [0.5, 0.6) is 5.75 Å².